The molecule has 1 atom stereocenters. The molecule has 0 aliphatic heterocycles. The number of carbonyl (C=O) groups excluding carboxylic acids is 2. The molecule has 1 heterocycles. The van der Waals surface area contributed by atoms with Crippen molar-refractivity contribution in [3.05, 3.63) is 67.0 Å². The number of halogens is 3. The van der Waals surface area contributed by atoms with E-state index >= 15 is 0 Å². The molecule has 0 fully saturated rings. The van der Waals surface area contributed by atoms with Gasteiger partial charge in [-0.1, -0.05) is 48.8 Å². The molecule has 0 aliphatic rings. The van der Waals surface area contributed by atoms with Crippen molar-refractivity contribution >= 4 is 75.1 Å². The standard InChI is InChI=1S/C24H26Cl2IN5O2S/c1-13(2)9-20(29-23(34)17-7-5-15(25)11-18(17)26)22-30-31-24(32(22)4)35-12-21(33)28-19-8-6-16(27)10-14(19)3/h5-8,10-11,13,20H,9,12H2,1-4H3,(H,28,33)(H,29,34)/t20-/m1/s1. The molecule has 1 aromatic heterocycles. The molecule has 0 aliphatic carbocycles. The number of amides is 2. The van der Waals surface area contributed by atoms with Gasteiger partial charge in [-0.2, -0.15) is 0 Å². The molecule has 0 spiro atoms. The van der Waals surface area contributed by atoms with Gasteiger partial charge in [0.05, 0.1) is 22.4 Å². The molecule has 2 amide bonds. The lowest BCUT2D eigenvalue weighted by atomic mass is 10.0. The summed E-state index contributed by atoms with van der Waals surface area (Å²) in [6.45, 7) is 6.09. The summed E-state index contributed by atoms with van der Waals surface area (Å²) < 4.78 is 2.92. The molecule has 11 heteroatoms. The Balaban J connectivity index is 1.70. The highest BCUT2D eigenvalue weighted by molar-refractivity contribution is 14.1. The summed E-state index contributed by atoms with van der Waals surface area (Å²) in [6.07, 6.45) is 0.653. The number of nitrogens with zero attached hydrogens (tertiary/aromatic N) is 3. The Morgan fingerprint density at radius 2 is 1.89 bits per heavy atom. The largest absolute Gasteiger partial charge is 0.342 e. The van der Waals surface area contributed by atoms with Gasteiger partial charge < -0.3 is 15.2 Å². The van der Waals surface area contributed by atoms with Crippen LogP contribution in [0.2, 0.25) is 10.0 Å². The first-order valence-electron chi connectivity index (χ1n) is 10.9. The van der Waals surface area contributed by atoms with Gasteiger partial charge in [0.1, 0.15) is 0 Å². The zero-order chi connectivity index (χ0) is 25.7. The van der Waals surface area contributed by atoms with Crippen LogP contribution in [0, 0.1) is 16.4 Å². The third kappa shape index (κ3) is 7.58. The average Bonchev–Trinajstić information content (AvgIpc) is 3.13. The summed E-state index contributed by atoms with van der Waals surface area (Å²) in [5.74, 6) is 0.624. The van der Waals surface area contributed by atoms with Gasteiger partial charge in [-0.25, -0.2) is 0 Å². The smallest absolute Gasteiger partial charge is 0.253 e. The Kier molecular flexibility index (Phi) is 9.86. The van der Waals surface area contributed by atoms with E-state index in [1.807, 2.05) is 36.7 Å². The molecule has 3 aromatic rings. The first-order chi connectivity index (χ1) is 16.5. The van der Waals surface area contributed by atoms with Crippen LogP contribution in [-0.4, -0.2) is 32.3 Å². The van der Waals surface area contributed by atoms with Crippen LogP contribution in [0.25, 0.3) is 0 Å². The minimum atomic E-state index is -0.385. The first kappa shape index (κ1) is 27.8. The highest BCUT2D eigenvalue weighted by Crippen LogP contribution is 2.26. The van der Waals surface area contributed by atoms with E-state index in [1.165, 1.54) is 17.8 Å². The van der Waals surface area contributed by atoms with E-state index < -0.39 is 0 Å². The zero-order valence-corrected chi connectivity index (χ0v) is 24.2. The number of aromatic nitrogens is 3. The zero-order valence-electron chi connectivity index (χ0n) is 19.7. The Morgan fingerprint density at radius 1 is 1.14 bits per heavy atom. The minimum absolute atomic E-state index is 0.131. The maximum atomic E-state index is 12.9. The summed E-state index contributed by atoms with van der Waals surface area (Å²) in [6, 6.07) is 10.2. The molecule has 3 rings (SSSR count). The molecule has 0 saturated carbocycles. The minimum Gasteiger partial charge on any atom is -0.342 e. The summed E-state index contributed by atoms with van der Waals surface area (Å²) in [5, 5.41) is 15.9. The number of benzene rings is 2. The van der Waals surface area contributed by atoms with Gasteiger partial charge in [0.15, 0.2) is 11.0 Å². The number of anilines is 1. The monoisotopic (exact) mass is 645 g/mol. The normalized spacial score (nSPS) is 12.0. The average molecular weight is 646 g/mol. The fourth-order valence-corrected chi connectivity index (χ4v) is 5.31. The van der Waals surface area contributed by atoms with Crippen molar-refractivity contribution < 1.29 is 9.59 Å². The summed E-state index contributed by atoms with van der Waals surface area (Å²) in [5.41, 5.74) is 2.13. The van der Waals surface area contributed by atoms with Crippen LogP contribution >= 0.6 is 57.6 Å². The molecule has 0 saturated heterocycles. The van der Waals surface area contributed by atoms with Crippen LogP contribution in [-0.2, 0) is 11.8 Å². The van der Waals surface area contributed by atoms with Crippen molar-refractivity contribution in [2.75, 3.05) is 11.1 Å². The lowest BCUT2D eigenvalue weighted by molar-refractivity contribution is -0.113. The molecule has 0 unspecified atom stereocenters. The van der Waals surface area contributed by atoms with Gasteiger partial charge in [-0.15, -0.1) is 10.2 Å². The van der Waals surface area contributed by atoms with Crippen LogP contribution in [0.4, 0.5) is 5.69 Å². The number of thioether (sulfide) groups is 1. The Labute approximate surface area is 232 Å². The van der Waals surface area contributed by atoms with E-state index in [0.717, 1.165) is 14.8 Å². The van der Waals surface area contributed by atoms with Crippen molar-refractivity contribution in [2.45, 2.75) is 38.4 Å². The van der Waals surface area contributed by atoms with E-state index in [4.69, 9.17) is 23.2 Å². The van der Waals surface area contributed by atoms with E-state index in [-0.39, 0.29) is 34.5 Å². The highest BCUT2D eigenvalue weighted by atomic mass is 127. The maximum Gasteiger partial charge on any atom is 0.253 e. The topological polar surface area (TPSA) is 88.9 Å². The molecule has 0 bridgehead atoms. The van der Waals surface area contributed by atoms with Crippen molar-refractivity contribution in [3.8, 4) is 0 Å². The number of hydrogen-bond donors (Lipinski definition) is 2. The Hall–Kier alpha value is -1.82. The quantitative estimate of drug-likeness (QED) is 0.211. The molecular weight excluding hydrogens is 620 g/mol. The van der Waals surface area contributed by atoms with Crippen molar-refractivity contribution in [1.82, 2.24) is 20.1 Å². The fraction of sp³-hybridized carbons (Fsp3) is 0.333. The fourth-order valence-electron chi connectivity index (χ4n) is 3.45. The molecule has 2 N–H and O–H groups in total. The van der Waals surface area contributed by atoms with Crippen LogP contribution in [0.3, 0.4) is 0 Å². The first-order valence-corrected chi connectivity index (χ1v) is 13.7. The van der Waals surface area contributed by atoms with Gasteiger partial charge in [0.2, 0.25) is 5.91 Å². The highest BCUT2D eigenvalue weighted by Gasteiger charge is 2.24. The molecule has 7 nitrogen and oxygen atoms in total. The predicted molar refractivity (Wildman–Crippen MR) is 150 cm³/mol. The van der Waals surface area contributed by atoms with Crippen molar-refractivity contribution in [2.24, 2.45) is 13.0 Å². The number of rotatable bonds is 9. The van der Waals surface area contributed by atoms with Crippen molar-refractivity contribution in [1.29, 1.82) is 0 Å². The van der Waals surface area contributed by atoms with Crippen molar-refractivity contribution in [3.63, 3.8) is 0 Å². The van der Waals surface area contributed by atoms with Crippen LogP contribution in [0.15, 0.2) is 41.6 Å². The van der Waals surface area contributed by atoms with Gasteiger partial charge in [0.25, 0.3) is 5.91 Å². The molecular formula is C24H26Cl2IN5O2S. The van der Waals surface area contributed by atoms with Gasteiger partial charge in [0, 0.05) is 21.3 Å². The Bertz CT molecular complexity index is 1230. The number of nitrogens with one attached hydrogen (secondary N) is 2. The molecule has 35 heavy (non-hydrogen) atoms. The molecule has 0 radical (unpaired) electrons. The predicted octanol–water partition coefficient (Wildman–Crippen LogP) is 6.28. The lowest BCUT2D eigenvalue weighted by Gasteiger charge is -2.20. The van der Waals surface area contributed by atoms with Gasteiger partial charge in [-0.3, -0.25) is 9.59 Å². The second-order valence-corrected chi connectivity index (χ2v) is 11.5. The maximum absolute atomic E-state index is 12.9. The second kappa shape index (κ2) is 12.4. The third-order valence-corrected chi connectivity index (χ3v) is 7.40. The van der Waals surface area contributed by atoms with Crippen LogP contribution in [0.1, 0.15) is 48.1 Å². The van der Waals surface area contributed by atoms with Crippen LogP contribution in [0.5, 0.6) is 0 Å². The van der Waals surface area contributed by atoms with E-state index in [0.29, 0.717) is 28.0 Å². The molecule has 186 valence electrons. The summed E-state index contributed by atoms with van der Waals surface area (Å²) >= 11 is 15.7. The number of aryl methyl sites for hydroxylation is 1. The van der Waals surface area contributed by atoms with Crippen LogP contribution < -0.4 is 10.6 Å². The van der Waals surface area contributed by atoms with E-state index in [1.54, 1.807) is 12.1 Å². The summed E-state index contributed by atoms with van der Waals surface area (Å²) in [4.78, 5) is 25.5. The third-order valence-electron chi connectivity index (χ3n) is 5.16. The lowest BCUT2D eigenvalue weighted by Crippen LogP contribution is -2.31. The second-order valence-electron chi connectivity index (χ2n) is 8.48. The number of carbonyl (C=O) groups is 2. The van der Waals surface area contributed by atoms with E-state index in [2.05, 4.69) is 57.3 Å². The Morgan fingerprint density at radius 3 is 2.54 bits per heavy atom. The number of hydrogen-bond acceptors (Lipinski definition) is 5. The van der Waals surface area contributed by atoms with E-state index in [9.17, 15) is 9.59 Å². The summed E-state index contributed by atoms with van der Waals surface area (Å²) in [7, 11) is 1.83. The molecule has 2 aromatic carbocycles. The SMILES string of the molecule is Cc1cc(I)ccc1NC(=O)CSc1nnc([C@@H](CC(C)C)NC(=O)c2ccc(Cl)cc2Cl)n1C. The van der Waals surface area contributed by atoms with Gasteiger partial charge in [-0.05, 0) is 83.8 Å². The van der Waals surface area contributed by atoms with Gasteiger partial charge >= 0.3 is 0 Å².